The fourth-order valence-corrected chi connectivity index (χ4v) is 6.25. The predicted octanol–water partition coefficient (Wildman–Crippen LogP) is 2.44. The summed E-state index contributed by atoms with van der Waals surface area (Å²) in [6, 6.07) is 5.13. The molecule has 1 aliphatic heterocycles. The zero-order valence-corrected chi connectivity index (χ0v) is 19.9. The molecule has 3 N–H and O–H groups in total. The minimum atomic E-state index is -4.58. The Kier molecular flexibility index (Phi) is 6.11. The minimum absolute atomic E-state index is 0.0112. The van der Waals surface area contributed by atoms with Gasteiger partial charge in [-0.25, -0.2) is 27.7 Å². The van der Waals surface area contributed by atoms with Crippen LogP contribution in [0, 0.1) is 0 Å². The van der Waals surface area contributed by atoms with Gasteiger partial charge in [0.25, 0.3) is 0 Å². The van der Waals surface area contributed by atoms with E-state index in [1.165, 1.54) is 16.6 Å². The van der Waals surface area contributed by atoms with Gasteiger partial charge in [-0.05, 0) is 43.9 Å². The molecular formula is C22H24F3N7O3S. The first-order valence-corrected chi connectivity index (χ1v) is 13.0. The molecule has 5 rings (SSSR count). The lowest BCUT2D eigenvalue weighted by Crippen LogP contribution is -2.60. The fourth-order valence-electron chi connectivity index (χ4n) is 4.40. The van der Waals surface area contributed by atoms with Gasteiger partial charge in [-0.1, -0.05) is 0 Å². The van der Waals surface area contributed by atoms with E-state index in [1.54, 1.807) is 18.5 Å². The Labute approximate surface area is 204 Å². The van der Waals surface area contributed by atoms with Gasteiger partial charge in [-0.2, -0.15) is 13.2 Å². The quantitative estimate of drug-likeness (QED) is 0.433. The first kappa shape index (κ1) is 24.4. The number of sulfonamides is 1. The average molecular weight is 524 g/mol. The van der Waals surface area contributed by atoms with Gasteiger partial charge < -0.3 is 15.6 Å². The van der Waals surface area contributed by atoms with E-state index < -0.39 is 39.4 Å². The second kappa shape index (κ2) is 9.00. The Hall–Kier alpha value is -3.26. The third-order valence-electron chi connectivity index (χ3n) is 6.48. The molecule has 1 saturated carbocycles. The number of H-pyrrole nitrogens is 1. The molecule has 1 amide bonds. The number of carbonyl (C=O) groups excluding carboxylic acids is 1. The van der Waals surface area contributed by atoms with Gasteiger partial charge in [0, 0.05) is 42.6 Å². The van der Waals surface area contributed by atoms with E-state index >= 15 is 0 Å². The van der Waals surface area contributed by atoms with Crippen molar-refractivity contribution in [2.24, 2.45) is 0 Å². The van der Waals surface area contributed by atoms with Crippen molar-refractivity contribution in [3.05, 3.63) is 36.8 Å². The maximum atomic E-state index is 13.1. The predicted molar refractivity (Wildman–Crippen MR) is 125 cm³/mol. The number of nitrogens with one attached hydrogen (secondary N) is 3. The van der Waals surface area contributed by atoms with E-state index in [0.717, 1.165) is 5.39 Å². The molecule has 36 heavy (non-hydrogen) atoms. The normalized spacial score (nSPS) is 18.8. The summed E-state index contributed by atoms with van der Waals surface area (Å²) in [6.07, 6.45) is 1.40. The number of hydrogen-bond acceptors (Lipinski definition) is 7. The van der Waals surface area contributed by atoms with Gasteiger partial charge in [0.05, 0.1) is 5.25 Å². The van der Waals surface area contributed by atoms with Crippen LogP contribution in [0.15, 0.2) is 36.8 Å². The van der Waals surface area contributed by atoms with Crippen LogP contribution in [0.25, 0.3) is 22.4 Å². The van der Waals surface area contributed by atoms with Gasteiger partial charge in [-0.3, -0.25) is 4.79 Å². The topological polar surface area (TPSA) is 133 Å². The molecule has 192 valence electrons. The van der Waals surface area contributed by atoms with Gasteiger partial charge in [-0.15, -0.1) is 0 Å². The van der Waals surface area contributed by atoms with E-state index in [2.05, 4.69) is 25.3 Å². The van der Waals surface area contributed by atoms with E-state index in [9.17, 15) is 26.4 Å². The molecule has 1 saturated heterocycles. The summed E-state index contributed by atoms with van der Waals surface area (Å²) >= 11 is 0. The van der Waals surface area contributed by atoms with Crippen molar-refractivity contribution in [1.29, 1.82) is 0 Å². The Morgan fingerprint density at radius 3 is 2.61 bits per heavy atom. The highest BCUT2D eigenvalue weighted by atomic mass is 32.2. The van der Waals surface area contributed by atoms with Crippen molar-refractivity contribution >= 4 is 32.8 Å². The highest BCUT2D eigenvalue weighted by Gasteiger charge is 2.48. The summed E-state index contributed by atoms with van der Waals surface area (Å²) < 4.78 is 65.1. The van der Waals surface area contributed by atoms with Crippen LogP contribution >= 0.6 is 0 Å². The van der Waals surface area contributed by atoms with Crippen molar-refractivity contribution in [1.82, 2.24) is 29.6 Å². The molecule has 2 fully saturated rings. The van der Waals surface area contributed by atoms with Crippen molar-refractivity contribution < 1.29 is 26.4 Å². The lowest BCUT2D eigenvalue weighted by atomic mass is 9.87. The first-order chi connectivity index (χ1) is 17.1. The van der Waals surface area contributed by atoms with Crippen LogP contribution < -0.4 is 10.6 Å². The number of carbonyl (C=O) groups is 1. The molecule has 3 aromatic heterocycles. The van der Waals surface area contributed by atoms with Crippen LogP contribution in [0.4, 0.5) is 19.0 Å². The summed E-state index contributed by atoms with van der Waals surface area (Å²) in [4.78, 5) is 29.1. The Bertz CT molecular complexity index is 1380. The standard InChI is InChI=1S/C22H24F3N7O3S/c23-22(24,25)13-29-20(33)21(6-10-32(11-7-21)36(34,35)14-3-4-14)31-17-5-9-27-19(30-17)16-12-28-18-15(16)2-1-8-26-18/h1-2,5,8-9,12,14H,3-4,6-7,10-11,13H2,(H,26,28)(H,29,33)(H,27,30,31). The Balaban J connectivity index is 1.41. The van der Waals surface area contributed by atoms with Crippen molar-refractivity contribution in [2.45, 2.75) is 42.6 Å². The molecule has 2 aliphatic rings. The Morgan fingerprint density at radius 1 is 1.17 bits per heavy atom. The number of rotatable bonds is 7. The number of aromatic amines is 1. The van der Waals surface area contributed by atoms with E-state index in [-0.39, 0.29) is 31.7 Å². The largest absolute Gasteiger partial charge is 0.405 e. The lowest BCUT2D eigenvalue weighted by Gasteiger charge is -2.41. The van der Waals surface area contributed by atoms with Crippen LogP contribution in [0.1, 0.15) is 25.7 Å². The van der Waals surface area contributed by atoms with Crippen molar-refractivity contribution in [3.8, 4) is 11.4 Å². The van der Waals surface area contributed by atoms with Crippen LogP contribution in [-0.4, -0.2) is 75.2 Å². The molecule has 14 heteroatoms. The number of halogens is 3. The number of anilines is 1. The molecule has 4 heterocycles. The zero-order valence-electron chi connectivity index (χ0n) is 19.0. The van der Waals surface area contributed by atoms with Gasteiger partial charge >= 0.3 is 6.18 Å². The first-order valence-electron chi connectivity index (χ1n) is 11.5. The number of alkyl halides is 3. The third-order valence-corrected chi connectivity index (χ3v) is 8.88. The second-order valence-electron chi connectivity index (χ2n) is 9.02. The number of nitrogens with zero attached hydrogens (tertiary/aromatic N) is 4. The fraction of sp³-hybridized carbons (Fsp3) is 0.455. The molecular weight excluding hydrogens is 499 g/mol. The van der Waals surface area contributed by atoms with Crippen LogP contribution in [0.2, 0.25) is 0 Å². The van der Waals surface area contributed by atoms with E-state index in [1.807, 2.05) is 11.4 Å². The molecule has 0 spiro atoms. The second-order valence-corrected chi connectivity index (χ2v) is 11.2. The third kappa shape index (κ3) is 4.87. The van der Waals surface area contributed by atoms with Crippen LogP contribution in [0.3, 0.4) is 0 Å². The molecule has 1 aliphatic carbocycles. The summed E-state index contributed by atoms with van der Waals surface area (Å²) in [6.45, 7) is -1.47. The SMILES string of the molecule is O=C(NCC(F)(F)F)C1(Nc2ccnc(-c3c[nH]c4ncccc34)n2)CCN(S(=O)(=O)C2CC2)CC1. The highest BCUT2D eigenvalue weighted by Crippen LogP contribution is 2.35. The van der Waals surface area contributed by atoms with Crippen molar-refractivity contribution in [3.63, 3.8) is 0 Å². The average Bonchev–Trinajstić information content (AvgIpc) is 3.63. The number of fused-ring (bicyclic) bond motifs is 1. The van der Waals surface area contributed by atoms with E-state index in [0.29, 0.717) is 29.9 Å². The molecule has 0 aromatic carbocycles. The van der Waals surface area contributed by atoms with Crippen molar-refractivity contribution in [2.75, 3.05) is 25.0 Å². The maximum Gasteiger partial charge on any atom is 0.405 e. The number of aromatic nitrogens is 4. The maximum absolute atomic E-state index is 13.1. The van der Waals surface area contributed by atoms with E-state index in [4.69, 9.17) is 0 Å². The monoisotopic (exact) mass is 523 g/mol. The number of hydrogen-bond donors (Lipinski definition) is 3. The zero-order chi connectivity index (χ0) is 25.6. The summed E-state index contributed by atoms with van der Waals surface area (Å²) in [5.41, 5.74) is -0.168. The smallest absolute Gasteiger partial charge is 0.356 e. The van der Waals surface area contributed by atoms with Gasteiger partial charge in [0.15, 0.2) is 5.82 Å². The molecule has 0 radical (unpaired) electrons. The minimum Gasteiger partial charge on any atom is -0.356 e. The molecule has 0 unspecified atom stereocenters. The molecule has 0 atom stereocenters. The number of piperidine rings is 1. The van der Waals surface area contributed by atoms with Crippen LogP contribution in [0.5, 0.6) is 0 Å². The molecule has 0 bridgehead atoms. The highest BCUT2D eigenvalue weighted by molar-refractivity contribution is 7.90. The Morgan fingerprint density at radius 2 is 1.92 bits per heavy atom. The number of pyridine rings is 1. The number of amides is 1. The summed E-state index contributed by atoms with van der Waals surface area (Å²) in [5.74, 6) is -0.294. The van der Waals surface area contributed by atoms with Gasteiger partial charge in [0.2, 0.25) is 15.9 Å². The molecule has 10 nitrogen and oxygen atoms in total. The van der Waals surface area contributed by atoms with Gasteiger partial charge in [0.1, 0.15) is 23.5 Å². The van der Waals surface area contributed by atoms with Crippen LogP contribution in [-0.2, 0) is 14.8 Å². The lowest BCUT2D eigenvalue weighted by molar-refractivity contribution is -0.141. The summed E-state index contributed by atoms with van der Waals surface area (Å²) in [5, 5.41) is 5.35. The molecule has 3 aromatic rings. The summed E-state index contributed by atoms with van der Waals surface area (Å²) in [7, 11) is -3.47.